The molecule has 0 aromatic heterocycles. The predicted octanol–water partition coefficient (Wildman–Crippen LogP) is 4.29. The van der Waals surface area contributed by atoms with Crippen LogP contribution >= 0.6 is 11.8 Å². The molecule has 0 unspecified atom stereocenters. The number of benzene rings is 3. The fraction of sp³-hybridized carbons (Fsp3) is 0.160. The number of fused-ring (bicyclic) bond motifs is 2. The van der Waals surface area contributed by atoms with Crippen LogP contribution in [0.4, 0.5) is 10.1 Å². The molecule has 158 valence electrons. The summed E-state index contributed by atoms with van der Waals surface area (Å²) >= 11 is 1.36. The molecule has 2 amide bonds. The monoisotopic (exact) mass is 443 g/mol. The number of halogens is 1. The van der Waals surface area contributed by atoms with E-state index in [2.05, 4.69) is 6.07 Å². The number of nitriles is 1. The maximum absolute atomic E-state index is 14.4. The third-order valence-corrected chi connectivity index (χ3v) is 7.24. The van der Waals surface area contributed by atoms with Crippen LogP contribution in [0.5, 0.6) is 0 Å². The van der Waals surface area contributed by atoms with Gasteiger partial charge in [0, 0.05) is 23.4 Å². The van der Waals surface area contributed by atoms with Crippen molar-refractivity contribution in [3.05, 3.63) is 101 Å². The summed E-state index contributed by atoms with van der Waals surface area (Å²) in [6.45, 7) is 0.612. The van der Waals surface area contributed by atoms with E-state index >= 15 is 0 Å². The molecule has 0 saturated carbocycles. The average Bonchev–Trinajstić information content (AvgIpc) is 3.36. The Bertz CT molecular complexity index is 1270. The summed E-state index contributed by atoms with van der Waals surface area (Å²) in [7, 11) is 0. The highest BCUT2D eigenvalue weighted by molar-refractivity contribution is 8.01. The average molecular weight is 444 g/mol. The van der Waals surface area contributed by atoms with Crippen LogP contribution in [0.25, 0.3) is 0 Å². The number of nitrogens with zero attached hydrogens (tertiary/aromatic N) is 3. The standard InChI is InChI=1S/C25H18FN3O2S/c26-20-9-10-22-21(14-20)25(24(31)28(22)16-18-6-4-5-17(13-18)15-27)29(11-12-32-25)23(30)19-7-2-1-3-8-19/h1-10,13-14H,11-12,16H2/t25-/m0/s1. The summed E-state index contributed by atoms with van der Waals surface area (Å²) in [5, 5.41) is 9.22. The lowest BCUT2D eigenvalue weighted by Crippen LogP contribution is -2.50. The quantitative estimate of drug-likeness (QED) is 0.606. The van der Waals surface area contributed by atoms with Crippen LogP contribution in [0, 0.1) is 17.1 Å². The lowest BCUT2D eigenvalue weighted by Gasteiger charge is -2.33. The fourth-order valence-corrected chi connectivity index (χ4v) is 5.85. The number of amides is 2. The molecular weight excluding hydrogens is 425 g/mol. The Labute approximate surface area is 189 Å². The highest BCUT2D eigenvalue weighted by atomic mass is 32.2. The first-order valence-corrected chi connectivity index (χ1v) is 11.1. The highest BCUT2D eigenvalue weighted by Crippen LogP contribution is 2.54. The molecule has 1 spiro atoms. The molecule has 0 aliphatic carbocycles. The number of thioether (sulfide) groups is 1. The molecule has 0 bridgehead atoms. The van der Waals surface area contributed by atoms with Gasteiger partial charge in [0.25, 0.3) is 11.8 Å². The van der Waals surface area contributed by atoms with E-state index < -0.39 is 10.7 Å². The van der Waals surface area contributed by atoms with Gasteiger partial charge in [-0.1, -0.05) is 30.3 Å². The molecule has 5 nitrogen and oxygen atoms in total. The predicted molar refractivity (Wildman–Crippen MR) is 120 cm³/mol. The van der Waals surface area contributed by atoms with Gasteiger partial charge < -0.3 is 9.80 Å². The normalized spacial score (nSPS) is 19.3. The molecule has 1 fully saturated rings. The molecule has 1 saturated heterocycles. The van der Waals surface area contributed by atoms with Crippen molar-refractivity contribution >= 4 is 29.3 Å². The first-order valence-electron chi connectivity index (χ1n) is 10.2. The second kappa shape index (κ2) is 7.81. The van der Waals surface area contributed by atoms with Crippen molar-refractivity contribution in [2.45, 2.75) is 11.4 Å². The molecule has 0 radical (unpaired) electrons. The number of carbonyl (C=O) groups is 2. The van der Waals surface area contributed by atoms with Crippen LogP contribution < -0.4 is 4.90 Å². The van der Waals surface area contributed by atoms with Gasteiger partial charge in [-0.15, -0.1) is 11.8 Å². The maximum atomic E-state index is 14.4. The van der Waals surface area contributed by atoms with Gasteiger partial charge >= 0.3 is 0 Å². The molecule has 3 aromatic carbocycles. The Hall–Kier alpha value is -3.63. The van der Waals surface area contributed by atoms with E-state index in [1.165, 1.54) is 23.9 Å². The van der Waals surface area contributed by atoms with Crippen LogP contribution in [-0.4, -0.2) is 29.0 Å². The molecule has 32 heavy (non-hydrogen) atoms. The summed E-state index contributed by atoms with van der Waals surface area (Å²) in [5.74, 6) is -0.415. The summed E-state index contributed by atoms with van der Waals surface area (Å²) in [6.07, 6.45) is 0. The SMILES string of the molecule is N#Cc1cccc(CN2C(=O)[C@@]3(SCCN3C(=O)c3ccccc3)c3cc(F)ccc32)c1. The zero-order chi connectivity index (χ0) is 22.3. The van der Waals surface area contributed by atoms with Gasteiger partial charge in [0.1, 0.15) is 5.82 Å². The topological polar surface area (TPSA) is 64.4 Å². The van der Waals surface area contributed by atoms with Gasteiger partial charge in [0.2, 0.25) is 0 Å². The Morgan fingerprint density at radius 1 is 1.09 bits per heavy atom. The molecule has 1 atom stereocenters. The Morgan fingerprint density at radius 3 is 2.69 bits per heavy atom. The van der Waals surface area contributed by atoms with Crippen molar-refractivity contribution in [1.82, 2.24) is 4.90 Å². The van der Waals surface area contributed by atoms with Gasteiger partial charge in [-0.2, -0.15) is 5.26 Å². The van der Waals surface area contributed by atoms with Crippen molar-refractivity contribution in [2.24, 2.45) is 0 Å². The van der Waals surface area contributed by atoms with Gasteiger partial charge in [0.05, 0.1) is 23.9 Å². The van der Waals surface area contributed by atoms with Crippen LogP contribution in [0.15, 0.2) is 72.8 Å². The fourth-order valence-electron chi connectivity index (χ4n) is 4.40. The Balaban J connectivity index is 1.60. The van der Waals surface area contributed by atoms with Crippen molar-refractivity contribution < 1.29 is 14.0 Å². The first kappa shape index (κ1) is 20.3. The molecule has 3 aromatic rings. The third-order valence-electron chi connectivity index (χ3n) is 5.82. The van der Waals surface area contributed by atoms with Gasteiger partial charge in [-0.3, -0.25) is 9.59 Å². The second-order valence-electron chi connectivity index (χ2n) is 7.68. The van der Waals surface area contributed by atoms with E-state index in [4.69, 9.17) is 0 Å². The number of hydrogen-bond acceptors (Lipinski definition) is 4. The van der Waals surface area contributed by atoms with Crippen molar-refractivity contribution in [1.29, 1.82) is 5.26 Å². The molecule has 2 aliphatic rings. The zero-order valence-corrected chi connectivity index (χ0v) is 17.8. The van der Waals surface area contributed by atoms with Crippen LogP contribution in [0.3, 0.4) is 0 Å². The molecule has 2 aliphatic heterocycles. The van der Waals surface area contributed by atoms with E-state index in [0.717, 1.165) is 5.56 Å². The molecule has 2 heterocycles. The van der Waals surface area contributed by atoms with E-state index in [1.807, 2.05) is 12.1 Å². The minimum Gasteiger partial charge on any atom is -0.311 e. The Kier molecular flexibility index (Phi) is 4.95. The summed E-state index contributed by atoms with van der Waals surface area (Å²) in [6, 6.07) is 22.3. The van der Waals surface area contributed by atoms with Crippen LogP contribution in [0.1, 0.15) is 27.0 Å². The summed E-state index contributed by atoms with van der Waals surface area (Å²) < 4.78 is 14.4. The van der Waals surface area contributed by atoms with E-state index in [0.29, 0.717) is 34.7 Å². The minimum atomic E-state index is -1.31. The minimum absolute atomic E-state index is 0.225. The molecule has 5 rings (SSSR count). The smallest absolute Gasteiger partial charge is 0.268 e. The Morgan fingerprint density at radius 2 is 1.91 bits per heavy atom. The molecule has 0 N–H and O–H groups in total. The number of hydrogen-bond donors (Lipinski definition) is 0. The molecular formula is C25H18FN3O2S. The van der Waals surface area contributed by atoms with Crippen LogP contribution in [0.2, 0.25) is 0 Å². The van der Waals surface area contributed by atoms with E-state index in [-0.39, 0.29) is 18.4 Å². The van der Waals surface area contributed by atoms with E-state index in [1.54, 1.807) is 58.3 Å². The maximum Gasteiger partial charge on any atom is 0.268 e. The third kappa shape index (κ3) is 3.07. The van der Waals surface area contributed by atoms with Crippen molar-refractivity contribution in [3.63, 3.8) is 0 Å². The summed E-state index contributed by atoms with van der Waals surface area (Å²) in [4.78, 5) is 29.2. The lowest BCUT2D eigenvalue weighted by atomic mass is 10.0. The number of anilines is 1. The highest BCUT2D eigenvalue weighted by Gasteiger charge is 2.59. The van der Waals surface area contributed by atoms with Gasteiger partial charge in [-0.05, 0) is 48.0 Å². The summed E-state index contributed by atoms with van der Waals surface area (Å²) in [5.41, 5.74) is 2.85. The number of rotatable bonds is 3. The largest absolute Gasteiger partial charge is 0.311 e. The van der Waals surface area contributed by atoms with Crippen LogP contribution in [-0.2, 0) is 16.2 Å². The first-order chi connectivity index (χ1) is 15.5. The zero-order valence-electron chi connectivity index (χ0n) is 17.0. The molecule has 7 heteroatoms. The van der Waals surface area contributed by atoms with Gasteiger partial charge in [0.15, 0.2) is 4.87 Å². The van der Waals surface area contributed by atoms with E-state index in [9.17, 15) is 19.2 Å². The number of carbonyl (C=O) groups excluding carboxylic acids is 2. The second-order valence-corrected chi connectivity index (χ2v) is 8.97. The lowest BCUT2D eigenvalue weighted by molar-refractivity contribution is -0.123. The van der Waals surface area contributed by atoms with Crippen molar-refractivity contribution in [2.75, 3.05) is 17.2 Å². The van der Waals surface area contributed by atoms with Crippen molar-refractivity contribution in [3.8, 4) is 6.07 Å². The van der Waals surface area contributed by atoms with Gasteiger partial charge in [-0.25, -0.2) is 4.39 Å².